The molecule has 0 N–H and O–H groups in total. The number of benzene rings is 2. The van der Waals surface area contributed by atoms with E-state index in [4.69, 9.17) is 23.7 Å². The molecule has 28 heavy (non-hydrogen) atoms. The fourth-order valence-corrected chi connectivity index (χ4v) is 3.56. The number of fused-ring (bicyclic) bond motifs is 1. The second-order valence-corrected chi connectivity index (χ2v) is 6.47. The Hall–Kier alpha value is -2.31. The highest BCUT2D eigenvalue weighted by Crippen LogP contribution is 2.39. The summed E-state index contributed by atoms with van der Waals surface area (Å²) in [4.78, 5) is 2.40. The Balaban J connectivity index is 0.00000280. The first-order chi connectivity index (χ1) is 13.1. The van der Waals surface area contributed by atoms with Crippen molar-refractivity contribution in [1.29, 1.82) is 0 Å². The molecule has 1 heterocycles. The zero-order valence-electron chi connectivity index (χ0n) is 17.0. The van der Waals surface area contributed by atoms with Crippen LogP contribution in [0.15, 0.2) is 24.3 Å². The molecule has 154 valence electrons. The van der Waals surface area contributed by atoms with Gasteiger partial charge in [0.1, 0.15) is 0 Å². The maximum Gasteiger partial charge on any atom is 0.203 e. The van der Waals surface area contributed by atoms with Crippen LogP contribution in [0, 0.1) is 0 Å². The predicted octanol–water partition coefficient (Wildman–Crippen LogP) is 3.71. The van der Waals surface area contributed by atoms with Crippen LogP contribution < -0.4 is 23.7 Å². The number of hydrogen-bond donors (Lipinski definition) is 0. The second kappa shape index (κ2) is 9.75. The maximum absolute atomic E-state index is 5.47. The molecule has 0 aromatic heterocycles. The Bertz CT molecular complexity index is 787. The zero-order valence-corrected chi connectivity index (χ0v) is 17.9. The third-order valence-corrected chi connectivity index (χ3v) is 4.93. The molecule has 0 saturated heterocycles. The van der Waals surface area contributed by atoms with Gasteiger partial charge in [-0.1, -0.05) is 0 Å². The van der Waals surface area contributed by atoms with Crippen LogP contribution in [0.1, 0.15) is 16.7 Å². The van der Waals surface area contributed by atoms with Gasteiger partial charge >= 0.3 is 0 Å². The lowest BCUT2D eigenvalue weighted by molar-refractivity contribution is 0.243. The molecular weight excluding hydrogens is 382 g/mol. The van der Waals surface area contributed by atoms with Crippen molar-refractivity contribution in [3.05, 3.63) is 41.0 Å². The number of ether oxygens (including phenoxy) is 5. The van der Waals surface area contributed by atoms with Crippen molar-refractivity contribution in [2.24, 2.45) is 0 Å². The molecule has 0 atom stereocenters. The molecule has 1 aliphatic heterocycles. The lowest BCUT2D eigenvalue weighted by atomic mass is 9.98. The summed E-state index contributed by atoms with van der Waals surface area (Å²) in [6.07, 6.45) is 0.972. The van der Waals surface area contributed by atoms with E-state index in [9.17, 15) is 0 Å². The molecule has 7 heteroatoms. The zero-order chi connectivity index (χ0) is 19.4. The summed E-state index contributed by atoms with van der Waals surface area (Å²) in [7, 11) is 8.23. The molecule has 6 nitrogen and oxygen atoms in total. The second-order valence-electron chi connectivity index (χ2n) is 6.47. The van der Waals surface area contributed by atoms with Gasteiger partial charge in [-0.25, -0.2) is 0 Å². The van der Waals surface area contributed by atoms with Gasteiger partial charge in [0.15, 0.2) is 23.0 Å². The Kier molecular flexibility index (Phi) is 7.66. The molecule has 1 aliphatic rings. The number of halogens is 1. The lowest BCUT2D eigenvalue weighted by Crippen LogP contribution is -2.30. The van der Waals surface area contributed by atoms with Gasteiger partial charge in [-0.05, 0) is 47.4 Å². The van der Waals surface area contributed by atoms with E-state index in [2.05, 4.69) is 17.0 Å². The number of hydrogen-bond acceptors (Lipinski definition) is 6. The first-order valence-corrected chi connectivity index (χ1v) is 8.88. The average Bonchev–Trinajstić information content (AvgIpc) is 2.71. The van der Waals surface area contributed by atoms with E-state index in [-0.39, 0.29) is 12.4 Å². The minimum Gasteiger partial charge on any atom is -0.493 e. The standard InChI is InChI=1S/C21H27NO5.ClH/c1-23-17-10-15-6-7-22(13-16(15)11-18(17)24-2)12-14-8-19(25-3)21(27-5)20(9-14)26-4;/h8-11H,6-7,12-13H2,1-5H3;1H. The summed E-state index contributed by atoms with van der Waals surface area (Å²) in [6, 6.07) is 8.18. The van der Waals surface area contributed by atoms with Crippen molar-refractivity contribution >= 4 is 12.4 Å². The van der Waals surface area contributed by atoms with E-state index in [1.54, 1.807) is 35.5 Å². The summed E-state index contributed by atoms with van der Waals surface area (Å²) in [5.41, 5.74) is 3.70. The highest BCUT2D eigenvalue weighted by atomic mass is 35.5. The highest BCUT2D eigenvalue weighted by Gasteiger charge is 2.21. The van der Waals surface area contributed by atoms with Crippen molar-refractivity contribution in [1.82, 2.24) is 4.90 Å². The monoisotopic (exact) mass is 409 g/mol. The molecule has 0 fully saturated rings. The molecule has 0 spiro atoms. The highest BCUT2D eigenvalue weighted by molar-refractivity contribution is 5.85. The molecule has 2 aromatic carbocycles. The fourth-order valence-electron chi connectivity index (χ4n) is 3.56. The van der Waals surface area contributed by atoms with E-state index in [1.807, 2.05) is 12.1 Å². The van der Waals surface area contributed by atoms with Crippen LogP contribution in [0.4, 0.5) is 0 Å². The first kappa shape index (κ1) is 22.0. The quantitative estimate of drug-likeness (QED) is 0.694. The van der Waals surface area contributed by atoms with Crippen molar-refractivity contribution < 1.29 is 23.7 Å². The maximum atomic E-state index is 5.47. The normalized spacial score (nSPS) is 13.2. The van der Waals surface area contributed by atoms with Crippen molar-refractivity contribution in [2.45, 2.75) is 19.5 Å². The summed E-state index contributed by atoms with van der Waals surface area (Å²) in [6.45, 7) is 2.62. The van der Waals surface area contributed by atoms with Crippen LogP contribution >= 0.6 is 12.4 Å². The van der Waals surface area contributed by atoms with Gasteiger partial charge in [0.2, 0.25) is 5.75 Å². The van der Waals surface area contributed by atoms with Gasteiger partial charge in [0.25, 0.3) is 0 Å². The van der Waals surface area contributed by atoms with Gasteiger partial charge in [-0.3, -0.25) is 4.90 Å². The molecule has 3 rings (SSSR count). The van der Waals surface area contributed by atoms with E-state index in [1.165, 1.54) is 11.1 Å². The van der Waals surface area contributed by atoms with Crippen molar-refractivity contribution in [3.8, 4) is 28.7 Å². The van der Waals surface area contributed by atoms with E-state index >= 15 is 0 Å². The van der Waals surface area contributed by atoms with Crippen molar-refractivity contribution in [2.75, 3.05) is 42.1 Å². The molecule has 0 amide bonds. The minimum absolute atomic E-state index is 0. The average molecular weight is 410 g/mol. The summed E-state index contributed by atoms with van der Waals surface area (Å²) in [5.74, 6) is 3.52. The van der Waals surface area contributed by atoms with Crippen LogP contribution in [0.3, 0.4) is 0 Å². The van der Waals surface area contributed by atoms with Crippen LogP contribution in [-0.2, 0) is 19.5 Å². The van der Waals surface area contributed by atoms with Gasteiger partial charge in [-0.2, -0.15) is 0 Å². The van der Waals surface area contributed by atoms with Gasteiger partial charge < -0.3 is 23.7 Å². The van der Waals surface area contributed by atoms with Gasteiger partial charge in [0.05, 0.1) is 35.5 Å². The molecule has 0 saturated carbocycles. The van der Waals surface area contributed by atoms with E-state index in [0.29, 0.717) is 17.2 Å². The van der Waals surface area contributed by atoms with E-state index < -0.39 is 0 Å². The summed E-state index contributed by atoms with van der Waals surface area (Å²) < 4.78 is 27.2. The van der Waals surface area contributed by atoms with Crippen LogP contribution in [-0.4, -0.2) is 47.0 Å². The third kappa shape index (κ3) is 4.39. The third-order valence-electron chi connectivity index (χ3n) is 4.93. The molecule has 0 unspecified atom stereocenters. The van der Waals surface area contributed by atoms with Crippen LogP contribution in [0.5, 0.6) is 28.7 Å². The molecular formula is C21H28ClNO5. The molecule has 0 radical (unpaired) electrons. The number of methoxy groups -OCH3 is 5. The largest absolute Gasteiger partial charge is 0.493 e. The fraction of sp³-hybridized carbons (Fsp3) is 0.429. The lowest BCUT2D eigenvalue weighted by Gasteiger charge is -2.30. The summed E-state index contributed by atoms with van der Waals surface area (Å²) >= 11 is 0. The first-order valence-electron chi connectivity index (χ1n) is 8.88. The van der Waals surface area contributed by atoms with Crippen LogP contribution in [0.25, 0.3) is 0 Å². The minimum atomic E-state index is 0. The van der Waals surface area contributed by atoms with Gasteiger partial charge in [-0.15, -0.1) is 12.4 Å². The SMILES string of the molecule is COc1cc2c(cc1OC)CN(Cc1cc(OC)c(OC)c(OC)c1)CC2.Cl. The van der Waals surface area contributed by atoms with Crippen molar-refractivity contribution in [3.63, 3.8) is 0 Å². The smallest absolute Gasteiger partial charge is 0.203 e. The van der Waals surface area contributed by atoms with Crippen LogP contribution in [0.2, 0.25) is 0 Å². The predicted molar refractivity (Wildman–Crippen MR) is 111 cm³/mol. The Labute approximate surface area is 172 Å². The summed E-state index contributed by atoms with van der Waals surface area (Å²) in [5, 5.41) is 0. The Morgan fingerprint density at radius 3 is 1.75 bits per heavy atom. The Morgan fingerprint density at radius 1 is 0.714 bits per heavy atom. The molecule has 2 aromatic rings. The molecule has 0 bridgehead atoms. The number of nitrogens with zero attached hydrogens (tertiary/aromatic N) is 1. The Morgan fingerprint density at radius 2 is 1.25 bits per heavy atom. The van der Waals surface area contributed by atoms with Gasteiger partial charge in [0, 0.05) is 19.6 Å². The number of rotatable bonds is 7. The van der Waals surface area contributed by atoms with E-state index in [0.717, 1.165) is 43.1 Å². The topological polar surface area (TPSA) is 49.4 Å². The molecule has 0 aliphatic carbocycles.